The number of rotatable bonds is 12. The first-order valence-electron chi connectivity index (χ1n) is 20.2. The van der Waals surface area contributed by atoms with Crippen molar-refractivity contribution in [1.29, 1.82) is 0 Å². The first kappa shape index (κ1) is 47.3. The smallest absolute Gasteiger partial charge is 0.337 e. The van der Waals surface area contributed by atoms with E-state index >= 15 is 0 Å². The van der Waals surface area contributed by atoms with Crippen LogP contribution < -0.4 is 20.9 Å². The molecule has 0 unspecified atom stereocenters. The Morgan fingerprint density at radius 2 is 0.970 bits per heavy atom. The zero-order valence-electron chi connectivity index (χ0n) is 35.9. The van der Waals surface area contributed by atoms with E-state index in [1.54, 1.807) is 54.6 Å². The van der Waals surface area contributed by atoms with Gasteiger partial charge in [-0.3, -0.25) is 0 Å². The van der Waals surface area contributed by atoms with Crippen LogP contribution in [0.5, 0.6) is 11.5 Å². The molecular weight excluding hydrogens is 911 g/mol. The fraction of sp³-hybridized carbons (Fsp3) is 0.0980. The van der Waals surface area contributed by atoms with Gasteiger partial charge < -0.3 is 39.9 Å². The third kappa shape index (κ3) is 10.6. The van der Waals surface area contributed by atoms with Crippen LogP contribution in [-0.2, 0) is 18.0 Å². The summed E-state index contributed by atoms with van der Waals surface area (Å²) in [5, 5.41) is 10.3. The van der Waals surface area contributed by atoms with E-state index in [0.29, 0.717) is 72.4 Å². The van der Waals surface area contributed by atoms with Crippen molar-refractivity contribution in [2.75, 3.05) is 18.6 Å². The molecule has 8 rings (SSSR count). The number of carbonyl (C=O) groups excluding carboxylic acids is 1. The number of nitrogens with zero attached hydrogens (tertiary/aromatic N) is 2. The number of ether oxygens (including phenoxy) is 3. The van der Waals surface area contributed by atoms with Gasteiger partial charge >= 0.3 is 11.9 Å². The average molecular weight is 952 g/mol. The minimum Gasteiger partial charge on any atom is -0.488 e. The molecule has 0 saturated heterocycles. The summed E-state index contributed by atoms with van der Waals surface area (Å²) in [5.41, 5.74) is 18.0. The highest BCUT2D eigenvalue weighted by Gasteiger charge is 2.20. The second-order valence-electron chi connectivity index (χ2n) is 15.1. The minimum absolute atomic E-state index is 0.0432. The number of nitrogen functional groups attached to an aromatic ring is 2. The van der Waals surface area contributed by atoms with Gasteiger partial charge in [0.1, 0.15) is 48.0 Å². The summed E-state index contributed by atoms with van der Waals surface area (Å²) < 4.78 is 76.5. The van der Waals surface area contributed by atoms with Gasteiger partial charge in [-0.05, 0) is 135 Å². The molecule has 0 aliphatic heterocycles. The highest BCUT2D eigenvalue weighted by Crippen LogP contribution is 2.39. The second kappa shape index (κ2) is 20.2. The molecule has 0 saturated carbocycles. The van der Waals surface area contributed by atoms with Gasteiger partial charge in [-0.25, -0.2) is 27.2 Å². The van der Waals surface area contributed by atoms with Crippen molar-refractivity contribution in [2.24, 2.45) is 0 Å². The highest BCUT2D eigenvalue weighted by atomic mass is 35.5. The van der Waals surface area contributed by atoms with Crippen molar-refractivity contribution in [3.63, 3.8) is 0 Å². The molecule has 2 aromatic heterocycles. The Bertz CT molecular complexity index is 3130. The van der Waals surface area contributed by atoms with Gasteiger partial charge in [-0.15, -0.1) is 0 Å². The summed E-state index contributed by atoms with van der Waals surface area (Å²) in [6, 6.07) is 34.0. The van der Waals surface area contributed by atoms with Crippen LogP contribution in [0.15, 0.2) is 133 Å². The van der Waals surface area contributed by atoms with Crippen LogP contribution in [0.25, 0.3) is 33.9 Å². The molecular formula is C51H40Cl2F4N4O6. The molecule has 0 aliphatic carbocycles. The molecule has 0 radical (unpaired) electrons. The summed E-state index contributed by atoms with van der Waals surface area (Å²) in [6.07, 6.45) is 0. The van der Waals surface area contributed by atoms with E-state index in [4.69, 9.17) is 48.9 Å². The molecule has 2 heterocycles. The molecule has 342 valence electrons. The van der Waals surface area contributed by atoms with Crippen molar-refractivity contribution in [2.45, 2.75) is 27.1 Å². The number of anilines is 2. The number of aryl methyl sites for hydroxylation is 2. The van der Waals surface area contributed by atoms with Crippen molar-refractivity contribution >= 4 is 46.5 Å². The summed E-state index contributed by atoms with van der Waals surface area (Å²) in [7, 11) is 1.30. The summed E-state index contributed by atoms with van der Waals surface area (Å²) in [6.45, 7) is 3.11. The maximum atomic E-state index is 14.1. The molecule has 6 aromatic carbocycles. The Morgan fingerprint density at radius 3 is 1.37 bits per heavy atom. The van der Waals surface area contributed by atoms with Crippen molar-refractivity contribution in [3.05, 3.63) is 200 Å². The predicted octanol–water partition coefficient (Wildman–Crippen LogP) is 12.6. The van der Waals surface area contributed by atoms with E-state index in [9.17, 15) is 32.3 Å². The molecule has 8 aromatic rings. The molecule has 0 bridgehead atoms. The number of hydrogen-bond acceptors (Lipinski definition) is 7. The first-order chi connectivity index (χ1) is 32.0. The van der Waals surface area contributed by atoms with E-state index in [1.165, 1.54) is 61.7 Å². The summed E-state index contributed by atoms with van der Waals surface area (Å²) in [4.78, 5) is 23.6. The number of methoxy groups -OCH3 is 1. The molecule has 0 aliphatic rings. The Labute approximate surface area is 392 Å². The quantitative estimate of drug-likeness (QED) is 0.0624. The van der Waals surface area contributed by atoms with Crippen LogP contribution in [0.3, 0.4) is 0 Å². The Balaban J connectivity index is 0.000000199. The number of nitrogens with two attached hydrogens (primary N) is 2. The fourth-order valence-electron chi connectivity index (χ4n) is 7.37. The van der Waals surface area contributed by atoms with Gasteiger partial charge in [0.15, 0.2) is 0 Å². The lowest BCUT2D eigenvalue weighted by atomic mass is 10.1. The Morgan fingerprint density at radius 1 is 0.567 bits per heavy atom. The lowest BCUT2D eigenvalue weighted by Gasteiger charge is -2.17. The van der Waals surface area contributed by atoms with E-state index in [1.807, 2.05) is 47.2 Å². The number of hydrogen-bond donors (Lipinski definition) is 3. The molecule has 10 nitrogen and oxygen atoms in total. The van der Waals surface area contributed by atoms with E-state index in [2.05, 4.69) is 0 Å². The van der Waals surface area contributed by atoms with Crippen LogP contribution in [0.2, 0.25) is 10.0 Å². The number of aromatic carboxylic acids is 1. The highest BCUT2D eigenvalue weighted by molar-refractivity contribution is 6.31. The Hall–Kier alpha value is -7.68. The fourth-order valence-corrected chi connectivity index (χ4v) is 7.71. The largest absolute Gasteiger partial charge is 0.488 e. The zero-order chi connectivity index (χ0) is 48.1. The normalized spacial score (nSPS) is 10.9. The van der Waals surface area contributed by atoms with Gasteiger partial charge in [0, 0.05) is 55.3 Å². The molecule has 0 fully saturated rings. The minimum atomic E-state index is -1.10. The third-order valence-electron chi connectivity index (χ3n) is 10.5. The SMILES string of the molecule is COC(=O)c1cc(N)cc(-n2c(C)ccc2-c2cc(Cl)ccc2OCc2c(F)cccc2F)c1.Cc1ccc(-c2cc(Cl)ccc2OCc2c(F)cccc2F)n1-c1cc(N)cc(C(=O)O)c1. The number of esters is 1. The van der Waals surface area contributed by atoms with Gasteiger partial charge in [0.2, 0.25) is 0 Å². The number of benzene rings is 6. The number of halogens is 6. The Kier molecular flexibility index (Phi) is 14.3. The van der Waals surface area contributed by atoms with Crippen LogP contribution in [0, 0.1) is 37.1 Å². The molecule has 0 amide bonds. The second-order valence-corrected chi connectivity index (χ2v) is 15.9. The van der Waals surface area contributed by atoms with E-state index in [-0.39, 0.29) is 29.9 Å². The van der Waals surface area contributed by atoms with Crippen LogP contribution in [0.1, 0.15) is 43.2 Å². The van der Waals surface area contributed by atoms with Gasteiger partial charge in [-0.1, -0.05) is 35.3 Å². The lowest BCUT2D eigenvalue weighted by Crippen LogP contribution is -2.07. The predicted molar refractivity (Wildman–Crippen MR) is 250 cm³/mol. The maximum absolute atomic E-state index is 14.1. The number of carbonyl (C=O) groups is 2. The van der Waals surface area contributed by atoms with Gasteiger partial charge in [0.05, 0.1) is 40.8 Å². The molecule has 0 atom stereocenters. The van der Waals surface area contributed by atoms with Crippen LogP contribution >= 0.6 is 23.2 Å². The molecule has 67 heavy (non-hydrogen) atoms. The van der Waals surface area contributed by atoms with E-state index < -0.39 is 35.2 Å². The lowest BCUT2D eigenvalue weighted by molar-refractivity contribution is 0.0599. The topological polar surface area (TPSA) is 144 Å². The summed E-state index contributed by atoms with van der Waals surface area (Å²) >= 11 is 12.5. The average Bonchev–Trinajstić information content (AvgIpc) is 3.88. The molecule has 16 heteroatoms. The summed E-state index contributed by atoms with van der Waals surface area (Å²) in [5.74, 6) is -3.68. The maximum Gasteiger partial charge on any atom is 0.337 e. The molecule has 0 spiro atoms. The standard InChI is InChI=1S/C26H21ClF2N2O3.C25H19ClF2N2O3/c1-15-6-8-24(31(15)19-11-16(26(32)33-2)10-18(30)13-19)20-12-17(27)7-9-25(20)34-14-21-22(28)4-3-5-23(21)29;1-14-5-7-23(30(14)18-10-15(25(31)32)9-17(29)12-18)19-11-16(26)6-8-24(19)33-13-20-21(27)3-2-4-22(20)28/h3-13H,14,30H2,1-2H3;2-12H,13,29H2,1H3,(H,31,32). The van der Waals surface area contributed by atoms with Gasteiger partial charge in [-0.2, -0.15) is 0 Å². The van der Waals surface area contributed by atoms with Crippen LogP contribution in [-0.4, -0.2) is 33.3 Å². The van der Waals surface area contributed by atoms with Crippen LogP contribution in [0.4, 0.5) is 28.9 Å². The van der Waals surface area contributed by atoms with Crippen molar-refractivity contribution < 1.29 is 46.5 Å². The third-order valence-corrected chi connectivity index (χ3v) is 11.0. The number of carboxylic acid groups (broad SMARTS) is 1. The van der Waals surface area contributed by atoms with Gasteiger partial charge in [0.25, 0.3) is 0 Å². The first-order valence-corrected chi connectivity index (χ1v) is 21.0. The molecule has 5 N–H and O–H groups in total. The zero-order valence-corrected chi connectivity index (χ0v) is 37.4. The number of aromatic nitrogens is 2. The monoisotopic (exact) mass is 950 g/mol. The van der Waals surface area contributed by atoms with Crippen molar-refractivity contribution in [1.82, 2.24) is 9.13 Å². The van der Waals surface area contributed by atoms with Crippen molar-refractivity contribution in [3.8, 4) is 45.4 Å². The number of carboxylic acids is 1. The van der Waals surface area contributed by atoms with E-state index in [0.717, 1.165) is 11.4 Å².